The Labute approximate surface area is 312 Å². The maximum absolute atomic E-state index is 7.18. The highest BCUT2D eigenvalue weighted by atomic mass is 16.3. The van der Waals surface area contributed by atoms with Crippen LogP contribution in [0, 0.1) is 17.8 Å². The number of nitrogens with zero attached hydrogens (tertiary/aromatic N) is 3. The molecule has 0 aliphatic heterocycles. The first-order valence-corrected chi connectivity index (χ1v) is 19.4. The third-order valence-electron chi connectivity index (χ3n) is 12.9. The van der Waals surface area contributed by atoms with Crippen molar-refractivity contribution in [3.8, 4) is 22.8 Å². The van der Waals surface area contributed by atoms with Crippen molar-refractivity contribution in [2.45, 2.75) is 43.9 Å². The Hall–Kier alpha value is -6.07. The second-order valence-electron chi connectivity index (χ2n) is 16.2. The fourth-order valence-corrected chi connectivity index (χ4v) is 10.9. The third-order valence-corrected chi connectivity index (χ3v) is 12.9. The summed E-state index contributed by atoms with van der Waals surface area (Å²) in [6.45, 7) is 0. The molecule has 0 N–H and O–H groups in total. The summed E-state index contributed by atoms with van der Waals surface area (Å²) in [5, 5.41) is 8.83. The van der Waals surface area contributed by atoms with Crippen LogP contribution in [0.5, 0.6) is 0 Å². The molecule has 4 fully saturated rings. The molecule has 4 aliphatic carbocycles. The number of rotatable bonds is 3. The normalized spacial score (nSPS) is 21.9. The van der Waals surface area contributed by atoms with E-state index in [-0.39, 0.29) is 5.41 Å². The van der Waals surface area contributed by atoms with Gasteiger partial charge in [0.25, 0.3) is 0 Å². The minimum atomic E-state index is -0.0317. The smallest absolute Gasteiger partial charge is 0.167 e. The molecule has 13 rings (SSSR count). The van der Waals surface area contributed by atoms with Gasteiger partial charge < -0.3 is 8.83 Å². The minimum absolute atomic E-state index is 0.0317. The van der Waals surface area contributed by atoms with E-state index in [9.17, 15) is 0 Å². The summed E-state index contributed by atoms with van der Waals surface area (Å²) < 4.78 is 13.4. The van der Waals surface area contributed by atoms with Gasteiger partial charge in [0, 0.05) is 32.5 Å². The second kappa shape index (κ2) is 11.5. The van der Waals surface area contributed by atoms with E-state index in [1.807, 2.05) is 12.1 Å². The maximum Gasteiger partial charge on any atom is 0.167 e. The highest BCUT2D eigenvalue weighted by Gasteiger charge is 2.53. The zero-order valence-electron chi connectivity index (χ0n) is 29.8. The Balaban J connectivity index is 1.18. The lowest BCUT2D eigenvalue weighted by molar-refractivity contribution is -0.00938. The van der Waals surface area contributed by atoms with E-state index in [1.165, 1.54) is 24.6 Å². The van der Waals surface area contributed by atoms with Crippen LogP contribution < -0.4 is 0 Å². The molecular weight excluding hydrogens is 663 g/mol. The van der Waals surface area contributed by atoms with Crippen molar-refractivity contribution in [2.75, 3.05) is 0 Å². The molecule has 4 aliphatic rings. The van der Waals surface area contributed by atoms with Crippen LogP contribution in [0.25, 0.3) is 88.2 Å². The van der Waals surface area contributed by atoms with E-state index < -0.39 is 0 Å². The topological polar surface area (TPSA) is 65.0 Å². The van der Waals surface area contributed by atoms with E-state index in [4.69, 9.17) is 23.8 Å². The lowest BCUT2D eigenvalue weighted by Crippen LogP contribution is -2.49. The van der Waals surface area contributed by atoms with Crippen molar-refractivity contribution < 1.29 is 8.83 Å². The Morgan fingerprint density at radius 2 is 0.926 bits per heavy atom. The van der Waals surface area contributed by atoms with E-state index in [0.29, 0.717) is 11.6 Å². The van der Waals surface area contributed by atoms with Crippen LogP contribution in [-0.2, 0) is 5.41 Å². The van der Waals surface area contributed by atoms with Gasteiger partial charge in [0.1, 0.15) is 28.2 Å². The van der Waals surface area contributed by atoms with Crippen molar-refractivity contribution in [2.24, 2.45) is 17.8 Å². The van der Waals surface area contributed by atoms with Gasteiger partial charge >= 0.3 is 0 Å². The van der Waals surface area contributed by atoms with Gasteiger partial charge in [-0.1, -0.05) is 97.1 Å². The maximum atomic E-state index is 7.18. The summed E-state index contributed by atoms with van der Waals surface area (Å²) in [6, 6.07) is 46.7. The van der Waals surface area contributed by atoms with Gasteiger partial charge in [-0.2, -0.15) is 0 Å². The first-order chi connectivity index (χ1) is 26.7. The zero-order chi connectivity index (χ0) is 35.4. The highest BCUT2D eigenvalue weighted by Crippen LogP contribution is 2.60. The summed E-state index contributed by atoms with van der Waals surface area (Å²) in [7, 11) is 0. The van der Waals surface area contributed by atoms with Gasteiger partial charge in [-0.05, 0) is 114 Å². The summed E-state index contributed by atoms with van der Waals surface area (Å²) in [5.41, 5.74) is 5.11. The van der Waals surface area contributed by atoms with Gasteiger partial charge in [0.2, 0.25) is 0 Å². The van der Waals surface area contributed by atoms with E-state index in [1.54, 1.807) is 0 Å². The molecule has 0 radical (unpaired) electrons. The molecule has 4 saturated carbocycles. The number of hydrogen-bond acceptors (Lipinski definition) is 5. The van der Waals surface area contributed by atoms with Crippen molar-refractivity contribution >= 4 is 65.4 Å². The largest absolute Gasteiger partial charge is 0.456 e. The molecule has 0 atom stereocenters. The molecule has 4 bridgehead atoms. The Bertz CT molecular complexity index is 3030. The first-order valence-electron chi connectivity index (χ1n) is 19.4. The van der Waals surface area contributed by atoms with Crippen molar-refractivity contribution in [3.05, 3.63) is 139 Å². The van der Waals surface area contributed by atoms with Gasteiger partial charge in [-0.15, -0.1) is 0 Å². The fraction of sp³-hybridized carbons (Fsp3) is 0.204. The van der Waals surface area contributed by atoms with Crippen molar-refractivity contribution in [3.63, 3.8) is 0 Å². The molecule has 54 heavy (non-hydrogen) atoms. The van der Waals surface area contributed by atoms with Crippen LogP contribution in [0.15, 0.2) is 142 Å². The minimum Gasteiger partial charge on any atom is -0.456 e. The van der Waals surface area contributed by atoms with E-state index in [2.05, 4.69) is 121 Å². The van der Waals surface area contributed by atoms with Crippen LogP contribution in [0.4, 0.5) is 0 Å². The van der Waals surface area contributed by atoms with E-state index >= 15 is 0 Å². The van der Waals surface area contributed by atoms with Gasteiger partial charge in [0.05, 0.1) is 5.56 Å². The van der Waals surface area contributed by atoms with Gasteiger partial charge in [0.15, 0.2) is 11.6 Å². The van der Waals surface area contributed by atoms with Crippen LogP contribution in [0.1, 0.15) is 44.3 Å². The highest BCUT2D eigenvalue weighted by molar-refractivity contribution is 6.19. The molecule has 3 aromatic heterocycles. The Morgan fingerprint density at radius 3 is 1.59 bits per heavy atom. The molecule has 0 saturated heterocycles. The molecule has 0 unspecified atom stereocenters. The van der Waals surface area contributed by atoms with Crippen LogP contribution >= 0.6 is 0 Å². The van der Waals surface area contributed by atoms with Gasteiger partial charge in [-0.25, -0.2) is 15.0 Å². The first kappa shape index (κ1) is 30.4. The molecule has 0 amide bonds. The molecule has 3 heterocycles. The Kier molecular flexibility index (Phi) is 6.45. The third kappa shape index (κ3) is 4.60. The van der Waals surface area contributed by atoms with Gasteiger partial charge in [-0.3, -0.25) is 0 Å². The fourth-order valence-electron chi connectivity index (χ4n) is 10.9. The molecule has 5 heteroatoms. The quantitative estimate of drug-likeness (QED) is 0.184. The molecule has 9 aromatic rings. The van der Waals surface area contributed by atoms with Crippen LogP contribution in [0.3, 0.4) is 0 Å². The number of benzene rings is 6. The standard InChI is InChI=1S/C49H37N3O2/c1-3-12-35-33(10-1)34-11-2-4-13-36(34)39-16-9-17-40(45(39)54-43-19-8-5-14-37(35)43)47-50-46(32-20-21-44-41(25-32)38-15-6-7-18-42(38)53-44)51-48(52-47)49-26-29-22-30(27-49)24-31(23-29)28-49/h1-21,25,29-31H,22-24,26-28H2. The SMILES string of the molecule is c1ccc2c(c1)oc1ccc(-c3nc(-c4cccc5c4oc4ccccc4c4ccccc4c4ccccc54)nc(C45CC6CC(CC(C6)C4)C5)n3)cc12. The predicted molar refractivity (Wildman–Crippen MR) is 218 cm³/mol. The molecular formula is C49H37N3O2. The number of furan rings is 1. The summed E-state index contributed by atoms with van der Waals surface area (Å²) in [4.78, 5) is 16.4. The molecule has 0 spiro atoms. The summed E-state index contributed by atoms with van der Waals surface area (Å²) in [6.07, 6.45) is 7.56. The van der Waals surface area contributed by atoms with E-state index in [0.717, 1.165) is 114 Å². The monoisotopic (exact) mass is 699 g/mol. The number of fused-ring (bicyclic) bond motifs is 10. The lowest BCUT2D eigenvalue weighted by atomic mass is 9.49. The summed E-state index contributed by atoms with van der Waals surface area (Å²) in [5.74, 6) is 4.58. The molecule has 5 nitrogen and oxygen atoms in total. The number of hydrogen-bond donors (Lipinski definition) is 0. The average Bonchev–Trinajstić information content (AvgIpc) is 3.60. The zero-order valence-corrected chi connectivity index (χ0v) is 29.8. The van der Waals surface area contributed by atoms with Crippen molar-refractivity contribution in [1.29, 1.82) is 0 Å². The summed E-state index contributed by atoms with van der Waals surface area (Å²) >= 11 is 0. The molecule has 6 aromatic carbocycles. The number of aromatic nitrogens is 3. The van der Waals surface area contributed by atoms with Crippen molar-refractivity contribution in [1.82, 2.24) is 15.0 Å². The van der Waals surface area contributed by atoms with Crippen LogP contribution in [0.2, 0.25) is 0 Å². The molecule has 260 valence electrons. The Morgan fingerprint density at radius 1 is 0.426 bits per heavy atom. The van der Waals surface area contributed by atoms with Crippen LogP contribution in [-0.4, -0.2) is 15.0 Å². The average molecular weight is 700 g/mol. The predicted octanol–water partition coefficient (Wildman–Crippen LogP) is 12.9. The number of para-hydroxylation sites is 3. The second-order valence-corrected chi connectivity index (χ2v) is 16.2. The lowest BCUT2D eigenvalue weighted by Gasteiger charge is -2.56.